The third-order valence-corrected chi connectivity index (χ3v) is 5.70. The Morgan fingerprint density at radius 1 is 1.33 bits per heavy atom. The van der Waals surface area contributed by atoms with Crippen LogP contribution in [0.3, 0.4) is 0 Å². The molecule has 0 aromatic carbocycles. The quantitative estimate of drug-likeness (QED) is 0.553. The number of hydrogen-bond acceptors (Lipinski definition) is 1. The summed E-state index contributed by atoms with van der Waals surface area (Å²) in [5.41, 5.74) is 1.70. The van der Waals surface area contributed by atoms with E-state index in [4.69, 9.17) is 0 Å². The molecule has 0 heterocycles. The fourth-order valence-electron chi connectivity index (χ4n) is 4.48. The van der Waals surface area contributed by atoms with Crippen LogP contribution < -0.4 is 0 Å². The van der Waals surface area contributed by atoms with Crippen molar-refractivity contribution in [2.45, 2.75) is 46.0 Å². The van der Waals surface area contributed by atoms with Gasteiger partial charge in [-0.1, -0.05) is 26.0 Å². The zero-order valence-corrected chi connectivity index (χ0v) is 9.81. The first kappa shape index (κ1) is 9.62. The van der Waals surface area contributed by atoms with E-state index in [0.29, 0.717) is 17.6 Å². The van der Waals surface area contributed by atoms with Crippen molar-refractivity contribution in [1.29, 1.82) is 0 Å². The molecule has 1 heteroatoms. The highest BCUT2D eigenvalue weighted by Crippen LogP contribution is 2.66. The third-order valence-electron chi connectivity index (χ3n) is 5.70. The summed E-state index contributed by atoms with van der Waals surface area (Å²) in [6, 6.07) is 0. The Morgan fingerprint density at radius 3 is 2.80 bits per heavy atom. The molecule has 3 rings (SSSR count). The first-order valence-electron chi connectivity index (χ1n) is 6.21. The number of rotatable bonds is 0. The van der Waals surface area contributed by atoms with Crippen molar-refractivity contribution in [1.82, 2.24) is 0 Å². The molecule has 3 aliphatic rings. The number of carbonyl (C=O) groups excluding carboxylic acids is 1. The predicted octanol–water partition coefficient (Wildman–Crippen LogP) is 3.35. The van der Waals surface area contributed by atoms with E-state index in [2.05, 4.69) is 20.4 Å². The molecule has 1 spiro atoms. The fraction of sp³-hybridized carbons (Fsp3) is 0.786. The minimum Gasteiger partial charge on any atom is -0.299 e. The number of hydrogen-bond donors (Lipinski definition) is 0. The molecule has 1 nitrogen and oxygen atoms in total. The summed E-state index contributed by atoms with van der Waals surface area (Å²) in [5.74, 6) is 1.77. The number of allylic oxidation sites excluding steroid dienone is 1. The number of Topliss-reactive ketones (excluding diaryl/α,β-unsaturated/α-hetero) is 1. The second-order valence-electron chi connectivity index (χ2n) is 6.36. The standard InChI is InChI=1S/C14H20O/c1-9-11-4-5-12(15)14(11)7-6-10(8-14)13(9,2)3/h10-11H,1,4-8H2,2-3H3/t10-,11+,14-/m0/s1. The van der Waals surface area contributed by atoms with E-state index < -0.39 is 0 Å². The fourth-order valence-corrected chi connectivity index (χ4v) is 4.48. The molecule has 0 aliphatic heterocycles. The van der Waals surface area contributed by atoms with Gasteiger partial charge in [0.1, 0.15) is 5.78 Å². The molecule has 0 radical (unpaired) electrons. The van der Waals surface area contributed by atoms with Crippen LogP contribution in [0.1, 0.15) is 46.0 Å². The Labute approximate surface area is 91.9 Å². The Hall–Kier alpha value is -0.590. The largest absolute Gasteiger partial charge is 0.299 e. The van der Waals surface area contributed by atoms with Gasteiger partial charge in [-0.25, -0.2) is 0 Å². The lowest BCUT2D eigenvalue weighted by atomic mass is 9.57. The van der Waals surface area contributed by atoms with Crippen molar-refractivity contribution in [3.8, 4) is 0 Å². The minimum atomic E-state index is 0.0528. The smallest absolute Gasteiger partial charge is 0.139 e. The van der Waals surface area contributed by atoms with Crippen molar-refractivity contribution in [2.24, 2.45) is 22.7 Å². The van der Waals surface area contributed by atoms with Gasteiger partial charge in [-0.3, -0.25) is 4.79 Å². The lowest BCUT2D eigenvalue weighted by Crippen LogP contribution is -2.41. The lowest BCUT2D eigenvalue weighted by molar-refractivity contribution is -0.127. The average molecular weight is 204 g/mol. The van der Waals surface area contributed by atoms with Gasteiger partial charge in [0, 0.05) is 11.8 Å². The maximum atomic E-state index is 12.1. The Morgan fingerprint density at radius 2 is 2.07 bits per heavy atom. The van der Waals surface area contributed by atoms with Gasteiger partial charge in [0.2, 0.25) is 0 Å². The van der Waals surface area contributed by atoms with E-state index in [1.807, 2.05) is 0 Å². The van der Waals surface area contributed by atoms with E-state index in [0.717, 1.165) is 25.7 Å². The highest BCUT2D eigenvalue weighted by molar-refractivity contribution is 5.88. The summed E-state index contributed by atoms with van der Waals surface area (Å²) >= 11 is 0. The first-order chi connectivity index (χ1) is 6.98. The van der Waals surface area contributed by atoms with Crippen LogP contribution in [0.15, 0.2) is 12.2 Å². The van der Waals surface area contributed by atoms with Crippen LogP contribution in [-0.4, -0.2) is 5.78 Å². The van der Waals surface area contributed by atoms with E-state index in [9.17, 15) is 4.79 Å². The number of carbonyl (C=O) groups is 1. The van der Waals surface area contributed by atoms with Crippen LogP contribution in [0.5, 0.6) is 0 Å². The molecule has 0 unspecified atom stereocenters. The van der Waals surface area contributed by atoms with Crippen molar-refractivity contribution >= 4 is 5.78 Å². The van der Waals surface area contributed by atoms with Gasteiger partial charge in [0.05, 0.1) is 0 Å². The Balaban J connectivity index is 2.10. The number of fused-ring (bicyclic) bond motifs is 1. The highest BCUT2D eigenvalue weighted by atomic mass is 16.1. The van der Waals surface area contributed by atoms with Gasteiger partial charge in [-0.15, -0.1) is 0 Å². The predicted molar refractivity (Wildman–Crippen MR) is 60.4 cm³/mol. The van der Waals surface area contributed by atoms with Crippen LogP contribution in [0, 0.1) is 22.7 Å². The monoisotopic (exact) mass is 204 g/mol. The van der Waals surface area contributed by atoms with Crippen LogP contribution in [0.2, 0.25) is 0 Å². The normalized spacial score (nSPS) is 47.1. The molecule has 3 fully saturated rings. The highest BCUT2D eigenvalue weighted by Gasteiger charge is 2.62. The van der Waals surface area contributed by atoms with Crippen LogP contribution >= 0.6 is 0 Å². The summed E-state index contributed by atoms with van der Waals surface area (Å²) in [6.07, 6.45) is 5.43. The van der Waals surface area contributed by atoms with E-state index in [-0.39, 0.29) is 10.8 Å². The Bertz CT molecular complexity index is 352. The van der Waals surface area contributed by atoms with Gasteiger partial charge >= 0.3 is 0 Å². The molecule has 15 heavy (non-hydrogen) atoms. The molecule has 3 aliphatic carbocycles. The molecule has 0 amide bonds. The van der Waals surface area contributed by atoms with Gasteiger partial charge in [-0.2, -0.15) is 0 Å². The second kappa shape index (κ2) is 2.56. The van der Waals surface area contributed by atoms with Gasteiger partial charge in [-0.05, 0) is 42.9 Å². The molecular formula is C14H20O. The molecule has 0 aromatic rings. The summed E-state index contributed by atoms with van der Waals surface area (Å²) < 4.78 is 0. The van der Waals surface area contributed by atoms with E-state index in [1.165, 1.54) is 12.0 Å². The summed E-state index contributed by atoms with van der Waals surface area (Å²) in [6.45, 7) is 8.99. The summed E-state index contributed by atoms with van der Waals surface area (Å²) in [5, 5.41) is 0. The molecule has 0 saturated heterocycles. The molecule has 2 bridgehead atoms. The second-order valence-corrected chi connectivity index (χ2v) is 6.36. The zero-order valence-electron chi connectivity index (χ0n) is 9.81. The van der Waals surface area contributed by atoms with Gasteiger partial charge in [0.25, 0.3) is 0 Å². The van der Waals surface area contributed by atoms with Crippen LogP contribution in [0.4, 0.5) is 0 Å². The lowest BCUT2D eigenvalue weighted by Gasteiger charge is -2.46. The minimum absolute atomic E-state index is 0.0528. The SMILES string of the molecule is C=C1[C@H]2CCC(=O)[C@]23CC[C@@H](C3)C1(C)C. The van der Waals surface area contributed by atoms with Crippen LogP contribution in [-0.2, 0) is 4.79 Å². The molecule has 0 aromatic heterocycles. The molecular weight excluding hydrogens is 184 g/mol. The maximum Gasteiger partial charge on any atom is 0.139 e. The van der Waals surface area contributed by atoms with Gasteiger partial charge in [0.15, 0.2) is 0 Å². The molecule has 0 N–H and O–H groups in total. The maximum absolute atomic E-state index is 12.1. The average Bonchev–Trinajstić information content (AvgIpc) is 2.72. The molecule has 82 valence electrons. The third kappa shape index (κ3) is 0.926. The van der Waals surface area contributed by atoms with E-state index in [1.54, 1.807) is 0 Å². The van der Waals surface area contributed by atoms with Crippen molar-refractivity contribution in [2.75, 3.05) is 0 Å². The molecule has 3 saturated carbocycles. The summed E-state index contributed by atoms with van der Waals surface area (Å²) in [4.78, 5) is 12.1. The van der Waals surface area contributed by atoms with Crippen molar-refractivity contribution < 1.29 is 4.79 Å². The van der Waals surface area contributed by atoms with Gasteiger partial charge < -0.3 is 0 Å². The topological polar surface area (TPSA) is 17.1 Å². The molecule has 3 atom stereocenters. The van der Waals surface area contributed by atoms with Crippen molar-refractivity contribution in [3.05, 3.63) is 12.2 Å². The van der Waals surface area contributed by atoms with Crippen molar-refractivity contribution in [3.63, 3.8) is 0 Å². The summed E-state index contributed by atoms with van der Waals surface area (Å²) in [7, 11) is 0. The van der Waals surface area contributed by atoms with E-state index >= 15 is 0 Å². The number of ketones is 1. The first-order valence-corrected chi connectivity index (χ1v) is 6.21. The Kier molecular flexibility index (Phi) is 1.64. The van der Waals surface area contributed by atoms with Crippen LogP contribution in [0.25, 0.3) is 0 Å². The zero-order chi connectivity index (χ0) is 10.8.